The third-order valence-corrected chi connectivity index (χ3v) is 9.11. The van der Waals surface area contributed by atoms with Crippen molar-refractivity contribution in [3.8, 4) is 0 Å². The first kappa shape index (κ1) is 20.8. The van der Waals surface area contributed by atoms with Crippen LogP contribution in [0.1, 0.15) is 86.0 Å². The number of hydrogen-bond donors (Lipinski definition) is 0. The van der Waals surface area contributed by atoms with Gasteiger partial charge in [-0.05, 0) is 66.8 Å². The van der Waals surface area contributed by atoms with Gasteiger partial charge in [0.1, 0.15) is 5.78 Å². The molecule has 0 aromatic rings. The van der Waals surface area contributed by atoms with E-state index in [0.29, 0.717) is 41.6 Å². The molecule has 0 amide bonds. The van der Waals surface area contributed by atoms with E-state index in [2.05, 4.69) is 20.8 Å². The summed E-state index contributed by atoms with van der Waals surface area (Å²) < 4.78 is 5.68. The van der Waals surface area contributed by atoms with E-state index in [0.717, 1.165) is 50.5 Å². The molecule has 0 N–H and O–H groups in total. The van der Waals surface area contributed by atoms with Crippen molar-refractivity contribution in [1.82, 2.24) is 0 Å². The molecule has 0 unspecified atom stereocenters. The van der Waals surface area contributed by atoms with Gasteiger partial charge in [-0.1, -0.05) is 41.0 Å². The molecule has 29 heavy (non-hydrogen) atoms. The highest BCUT2D eigenvalue weighted by atomic mass is 16.5. The Bertz CT molecular complexity index is 778. The zero-order valence-corrected chi connectivity index (χ0v) is 18.7. The maximum absolute atomic E-state index is 12.9. The number of ketones is 2. The Morgan fingerprint density at radius 2 is 1.83 bits per heavy atom. The summed E-state index contributed by atoms with van der Waals surface area (Å²) in [6.45, 7) is 10.4. The molecule has 4 nitrogen and oxygen atoms in total. The summed E-state index contributed by atoms with van der Waals surface area (Å²) in [7, 11) is 0. The predicted molar refractivity (Wildman–Crippen MR) is 111 cm³/mol. The minimum absolute atomic E-state index is 0.00643. The largest absolute Gasteiger partial charge is 0.423 e. The molecule has 4 heteroatoms. The van der Waals surface area contributed by atoms with Crippen LogP contribution in [0, 0.1) is 40.4 Å². The van der Waals surface area contributed by atoms with Gasteiger partial charge in [-0.25, -0.2) is 0 Å². The fourth-order valence-electron chi connectivity index (χ4n) is 7.44. The average Bonchev–Trinajstić information content (AvgIpc) is 2.94. The standard InChI is InChI=1S/C25H36O4/c1-6-15-13-20(27)25(5)11-9-17-16(21(15)25)7-8-18-22(29-23(28)14(2)3)19(26)10-12-24(17,18)4/h14-17,21H,6-13H2,1-5H3/t15-,16+,17-,21-,24+,25+/m0/s1. The molecule has 160 valence electrons. The molecule has 4 aliphatic carbocycles. The smallest absolute Gasteiger partial charge is 0.313 e. The second-order valence-corrected chi connectivity index (χ2v) is 10.8. The Kier molecular flexibility index (Phi) is 5.07. The fourth-order valence-corrected chi connectivity index (χ4v) is 7.44. The van der Waals surface area contributed by atoms with Gasteiger partial charge in [-0.2, -0.15) is 0 Å². The van der Waals surface area contributed by atoms with E-state index in [1.165, 1.54) is 0 Å². The van der Waals surface area contributed by atoms with Crippen molar-refractivity contribution in [2.45, 2.75) is 86.0 Å². The molecule has 4 aliphatic rings. The zero-order valence-electron chi connectivity index (χ0n) is 18.7. The normalized spacial score (nSPS) is 41.9. The summed E-state index contributed by atoms with van der Waals surface area (Å²) in [5.41, 5.74) is 0.843. The van der Waals surface area contributed by atoms with Crippen molar-refractivity contribution < 1.29 is 19.1 Å². The van der Waals surface area contributed by atoms with Gasteiger partial charge in [-0.3, -0.25) is 14.4 Å². The molecule has 0 saturated heterocycles. The maximum Gasteiger partial charge on any atom is 0.313 e. The van der Waals surface area contributed by atoms with E-state index in [9.17, 15) is 14.4 Å². The minimum atomic E-state index is -0.309. The van der Waals surface area contributed by atoms with Crippen molar-refractivity contribution in [1.29, 1.82) is 0 Å². The second-order valence-electron chi connectivity index (χ2n) is 10.8. The molecule has 0 aromatic heterocycles. The number of hydrogen-bond acceptors (Lipinski definition) is 4. The molecule has 0 aromatic carbocycles. The van der Waals surface area contributed by atoms with Crippen LogP contribution in [0.25, 0.3) is 0 Å². The van der Waals surface area contributed by atoms with Crippen molar-refractivity contribution >= 4 is 17.5 Å². The maximum atomic E-state index is 12.9. The number of esters is 1. The highest BCUT2D eigenvalue weighted by Gasteiger charge is 2.62. The summed E-state index contributed by atoms with van der Waals surface area (Å²) in [5, 5.41) is 0. The summed E-state index contributed by atoms with van der Waals surface area (Å²) in [5.74, 6) is 2.26. The average molecular weight is 401 g/mol. The SMILES string of the molecule is CC[C@H]1CC(=O)[C@@]2(C)CC[C@H]3[C@@H](CCC4=C(OC(=O)C(C)C)C(=O)CC[C@@]43C)[C@H]12. The second kappa shape index (κ2) is 7.06. The van der Waals surface area contributed by atoms with Crippen LogP contribution in [-0.2, 0) is 19.1 Å². The van der Waals surface area contributed by atoms with E-state index < -0.39 is 0 Å². The fraction of sp³-hybridized carbons (Fsp3) is 0.800. The van der Waals surface area contributed by atoms with Gasteiger partial charge in [0.25, 0.3) is 0 Å². The lowest BCUT2D eigenvalue weighted by Gasteiger charge is -2.57. The van der Waals surface area contributed by atoms with Gasteiger partial charge in [0.05, 0.1) is 5.92 Å². The van der Waals surface area contributed by atoms with Gasteiger partial charge in [0, 0.05) is 18.3 Å². The summed E-state index contributed by atoms with van der Waals surface area (Å²) in [4.78, 5) is 37.9. The number of fused-ring (bicyclic) bond motifs is 5. The van der Waals surface area contributed by atoms with Crippen molar-refractivity contribution in [2.75, 3.05) is 0 Å². The van der Waals surface area contributed by atoms with E-state index in [1.807, 2.05) is 0 Å². The van der Waals surface area contributed by atoms with E-state index >= 15 is 0 Å². The lowest BCUT2D eigenvalue weighted by atomic mass is 9.46. The number of Topliss-reactive ketones (excluding diaryl/α,β-unsaturated/α-hetero) is 2. The van der Waals surface area contributed by atoms with Gasteiger partial charge >= 0.3 is 5.97 Å². The highest BCUT2D eigenvalue weighted by molar-refractivity contribution is 5.97. The van der Waals surface area contributed by atoms with E-state index in [1.54, 1.807) is 13.8 Å². The van der Waals surface area contributed by atoms with Crippen LogP contribution in [0.2, 0.25) is 0 Å². The Hall–Kier alpha value is -1.45. The number of allylic oxidation sites excluding steroid dienone is 1. The molecular formula is C25H36O4. The van der Waals surface area contributed by atoms with Crippen LogP contribution in [0.4, 0.5) is 0 Å². The first-order valence-corrected chi connectivity index (χ1v) is 11.6. The molecule has 0 bridgehead atoms. The Labute approximate surface area is 174 Å². The molecule has 0 spiro atoms. The lowest BCUT2D eigenvalue weighted by molar-refractivity contribution is -0.147. The quantitative estimate of drug-likeness (QED) is 0.607. The Morgan fingerprint density at radius 3 is 2.48 bits per heavy atom. The third-order valence-electron chi connectivity index (χ3n) is 9.11. The molecule has 0 heterocycles. The Morgan fingerprint density at radius 1 is 1.10 bits per heavy atom. The van der Waals surface area contributed by atoms with Crippen LogP contribution in [-0.4, -0.2) is 17.5 Å². The minimum Gasteiger partial charge on any atom is -0.423 e. The molecule has 0 aliphatic heterocycles. The van der Waals surface area contributed by atoms with Crippen molar-refractivity contribution in [3.05, 3.63) is 11.3 Å². The van der Waals surface area contributed by atoms with Crippen LogP contribution < -0.4 is 0 Å². The van der Waals surface area contributed by atoms with Gasteiger partial charge in [0.2, 0.25) is 0 Å². The number of carbonyl (C=O) groups excluding carboxylic acids is 3. The Balaban J connectivity index is 1.71. The first-order chi connectivity index (χ1) is 13.6. The van der Waals surface area contributed by atoms with Crippen LogP contribution in [0.3, 0.4) is 0 Å². The van der Waals surface area contributed by atoms with Gasteiger partial charge < -0.3 is 4.74 Å². The highest BCUT2D eigenvalue weighted by Crippen LogP contribution is 2.66. The number of carbonyl (C=O) groups is 3. The molecule has 3 fully saturated rings. The van der Waals surface area contributed by atoms with Crippen molar-refractivity contribution in [2.24, 2.45) is 40.4 Å². The monoisotopic (exact) mass is 400 g/mol. The number of ether oxygens (including phenoxy) is 1. The summed E-state index contributed by atoms with van der Waals surface area (Å²) >= 11 is 0. The first-order valence-electron chi connectivity index (χ1n) is 11.6. The topological polar surface area (TPSA) is 60.4 Å². The van der Waals surface area contributed by atoms with Crippen LogP contribution in [0.15, 0.2) is 11.3 Å². The molecule has 3 saturated carbocycles. The molecule has 4 rings (SSSR count). The van der Waals surface area contributed by atoms with E-state index in [4.69, 9.17) is 4.74 Å². The summed E-state index contributed by atoms with van der Waals surface area (Å²) in [6, 6.07) is 0. The van der Waals surface area contributed by atoms with Crippen LogP contribution >= 0.6 is 0 Å². The van der Waals surface area contributed by atoms with Crippen LogP contribution in [0.5, 0.6) is 0 Å². The molecule has 0 radical (unpaired) electrons. The number of rotatable bonds is 3. The predicted octanol–water partition coefficient (Wildman–Crippen LogP) is 5.25. The van der Waals surface area contributed by atoms with E-state index in [-0.39, 0.29) is 28.5 Å². The third kappa shape index (κ3) is 2.96. The van der Waals surface area contributed by atoms with Gasteiger partial charge in [0.15, 0.2) is 11.5 Å². The van der Waals surface area contributed by atoms with Gasteiger partial charge in [-0.15, -0.1) is 0 Å². The lowest BCUT2D eigenvalue weighted by Crippen LogP contribution is -2.52. The van der Waals surface area contributed by atoms with Crippen molar-refractivity contribution in [3.63, 3.8) is 0 Å². The molecular weight excluding hydrogens is 364 g/mol. The zero-order chi connectivity index (χ0) is 21.1. The molecule has 6 atom stereocenters. The summed E-state index contributed by atoms with van der Waals surface area (Å²) in [6.07, 6.45) is 6.96.